The maximum Gasteiger partial charge on any atom is 0.252 e. The second-order valence-electron chi connectivity index (χ2n) is 5.46. The van der Waals surface area contributed by atoms with Gasteiger partial charge in [0.15, 0.2) is 21.3 Å². The van der Waals surface area contributed by atoms with Crippen LogP contribution in [0.15, 0.2) is 47.4 Å². The quantitative estimate of drug-likeness (QED) is 0.892. The third-order valence-electron chi connectivity index (χ3n) is 3.67. The number of ether oxygens (including phenoxy) is 2. The van der Waals surface area contributed by atoms with E-state index in [4.69, 9.17) is 9.47 Å². The third-order valence-corrected chi connectivity index (χ3v) is 4.82. The molecule has 24 heavy (non-hydrogen) atoms. The first-order chi connectivity index (χ1) is 11.4. The van der Waals surface area contributed by atoms with E-state index in [1.165, 1.54) is 12.1 Å². The zero-order valence-electron chi connectivity index (χ0n) is 13.1. The second-order valence-corrected chi connectivity index (χ2v) is 7.45. The summed E-state index contributed by atoms with van der Waals surface area (Å²) in [5.41, 5.74) is 1.15. The fourth-order valence-corrected chi connectivity index (χ4v) is 3.38. The minimum atomic E-state index is -3.45. The van der Waals surface area contributed by atoms with Gasteiger partial charge in [0.2, 0.25) is 6.79 Å². The van der Waals surface area contributed by atoms with Crippen molar-refractivity contribution in [3.8, 4) is 11.5 Å². The maximum absolute atomic E-state index is 12.3. The molecule has 0 spiro atoms. The summed E-state index contributed by atoms with van der Waals surface area (Å²) in [6, 6.07) is 11.8. The largest absolute Gasteiger partial charge is 0.454 e. The highest BCUT2D eigenvalue weighted by Crippen LogP contribution is 2.32. The van der Waals surface area contributed by atoms with Crippen LogP contribution in [-0.2, 0) is 16.3 Å². The molecule has 0 fully saturated rings. The third kappa shape index (κ3) is 3.51. The first-order valence-corrected chi connectivity index (χ1v) is 9.30. The number of sulfone groups is 1. The fourth-order valence-electron chi connectivity index (χ4n) is 2.49. The van der Waals surface area contributed by atoms with E-state index in [9.17, 15) is 13.2 Å². The summed E-state index contributed by atoms with van der Waals surface area (Å²) in [5.74, 6) is 1.00. The number of benzene rings is 2. The van der Waals surface area contributed by atoms with Crippen molar-refractivity contribution in [2.75, 3.05) is 19.6 Å². The van der Waals surface area contributed by atoms with Crippen LogP contribution in [0.1, 0.15) is 15.9 Å². The van der Waals surface area contributed by atoms with Crippen LogP contribution in [0.5, 0.6) is 11.5 Å². The Kier molecular flexibility index (Phi) is 4.44. The standard InChI is InChI=1S/C17H17NO5S/c1-24(20,21)16-5-3-2-4-13(16)17(19)18-9-8-12-6-7-14-15(10-12)23-11-22-14/h2-7,10H,8-9,11H2,1H3,(H,18,19). The van der Waals surface area contributed by atoms with E-state index in [1.54, 1.807) is 12.1 Å². The van der Waals surface area contributed by atoms with Gasteiger partial charge < -0.3 is 14.8 Å². The molecule has 1 aliphatic rings. The molecule has 0 aromatic heterocycles. The summed E-state index contributed by atoms with van der Waals surface area (Å²) >= 11 is 0. The summed E-state index contributed by atoms with van der Waals surface area (Å²) in [4.78, 5) is 12.3. The normalized spacial score (nSPS) is 12.9. The van der Waals surface area contributed by atoms with Gasteiger partial charge in [-0.25, -0.2) is 8.42 Å². The van der Waals surface area contributed by atoms with Crippen molar-refractivity contribution in [1.29, 1.82) is 0 Å². The molecule has 1 amide bonds. The van der Waals surface area contributed by atoms with Crippen LogP contribution < -0.4 is 14.8 Å². The number of amides is 1. The van der Waals surface area contributed by atoms with Gasteiger partial charge in [-0.3, -0.25) is 4.79 Å². The molecule has 7 heteroatoms. The van der Waals surface area contributed by atoms with Gasteiger partial charge in [0.05, 0.1) is 10.5 Å². The van der Waals surface area contributed by atoms with Crippen molar-refractivity contribution in [2.45, 2.75) is 11.3 Å². The van der Waals surface area contributed by atoms with Gasteiger partial charge in [-0.15, -0.1) is 0 Å². The lowest BCUT2D eigenvalue weighted by Crippen LogP contribution is -2.27. The van der Waals surface area contributed by atoms with Crippen LogP contribution >= 0.6 is 0 Å². The van der Waals surface area contributed by atoms with E-state index < -0.39 is 15.7 Å². The smallest absolute Gasteiger partial charge is 0.252 e. The summed E-state index contributed by atoms with van der Waals surface area (Å²) in [6.07, 6.45) is 1.69. The number of rotatable bonds is 5. The average molecular weight is 347 g/mol. The molecule has 0 saturated carbocycles. The predicted octanol–water partition coefficient (Wildman–Crippen LogP) is 1.79. The fraction of sp³-hybridized carbons (Fsp3) is 0.235. The monoisotopic (exact) mass is 347 g/mol. The van der Waals surface area contributed by atoms with E-state index in [0.29, 0.717) is 24.5 Å². The first-order valence-electron chi connectivity index (χ1n) is 7.41. The van der Waals surface area contributed by atoms with Crippen LogP contribution in [0.25, 0.3) is 0 Å². The minimum absolute atomic E-state index is 0.0329. The molecule has 1 heterocycles. The van der Waals surface area contributed by atoms with Crippen LogP contribution in [0.4, 0.5) is 0 Å². The number of carbonyl (C=O) groups excluding carboxylic acids is 1. The summed E-state index contributed by atoms with van der Waals surface area (Å²) in [5, 5.41) is 2.75. The summed E-state index contributed by atoms with van der Waals surface area (Å²) in [6.45, 7) is 0.606. The predicted molar refractivity (Wildman–Crippen MR) is 88.2 cm³/mol. The zero-order valence-corrected chi connectivity index (χ0v) is 13.9. The number of carbonyl (C=O) groups is 1. The van der Waals surface area contributed by atoms with Crippen molar-refractivity contribution in [3.63, 3.8) is 0 Å². The Morgan fingerprint density at radius 1 is 1.12 bits per heavy atom. The van der Waals surface area contributed by atoms with Crippen LogP contribution in [-0.4, -0.2) is 33.9 Å². The molecule has 1 N–H and O–H groups in total. The molecule has 0 atom stereocenters. The van der Waals surface area contributed by atoms with Gasteiger partial charge in [0, 0.05) is 12.8 Å². The minimum Gasteiger partial charge on any atom is -0.454 e. The Morgan fingerprint density at radius 3 is 2.67 bits per heavy atom. The molecule has 6 nitrogen and oxygen atoms in total. The molecule has 126 valence electrons. The van der Waals surface area contributed by atoms with E-state index in [-0.39, 0.29) is 17.3 Å². The molecule has 0 radical (unpaired) electrons. The highest BCUT2D eigenvalue weighted by atomic mass is 32.2. The molecule has 0 bridgehead atoms. The van der Waals surface area contributed by atoms with Crippen molar-refractivity contribution in [3.05, 3.63) is 53.6 Å². The highest BCUT2D eigenvalue weighted by Gasteiger charge is 2.18. The number of hydrogen-bond acceptors (Lipinski definition) is 5. The van der Waals surface area contributed by atoms with E-state index in [0.717, 1.165) is 11.8 Å². The lowest BCUT2D eigenvalue weighted by Gasteiger charge is -2.09. The van der Waals surface area contributed by atoms with Crippen molar-refractivity contribution in [2.24, 2.45) is 0 Å². The molecule has 0 aliphatic carbocycles. The molecule has 2 aromatic rings. The van der Waals surface area contributed by atoms with Gasteiger partial charge in [-0.05, 0) is 36.2 Å². The Balaban J connectivity index is 1.64. The first kappa shape index (κ1) is 16.3. The molecule has 0 unspecified atom stereocenters. The lowest BCUT2D eigenvalue weighted by molar-refractivity contribution is 0.0951. The van der Waals surface area contributed by atoms with Crippen LogP contribution in [0, 0.1) is 0 Å². The second kappa shape index (κ2) is 6.52. The SMILES string of the molecule is CS(=O)(=O)c1ccccc1C(=O)NCCc1ccc2c(c1)OCO2. The van der Waals surface area contributed by atoms with Crippen molar-refractivity contribution >= 4 is 15.7 Å². The molecule has 2 aromatic carbocycles. The number of hydrogen-bond donors (Lipinski definition) is 1. The molecular formula is C17H17NO5S. The topological polar surface area (TPSA) is 81.7 Å². The summed E-state index contributed by atoms with van der Waals surface area (Å²) < 4.78 is 34.1. The lowest BCUT2D eigenvalue weighted by atomic mass is 10.1. The molecular weight excluding hydrogens is 330 g/mol. The maximum atomic E-state index is 12.3. The molecule has 0 saturated heterocycles. The Morgan fingerprint density at radius 2 is 1.88 bits per heavy atom. The van der Waals surface area contributed by atoms with Gasteiger partial charge >= 0.3 is 0 Å². The van der Waals surface area contributed by atoms with Gasteiger partial charge in [-0.1, -0.05) is 18.2 Å². The molecule has 1 aliphatic heterocycles. The van der Waals surface area contributed by atoms with E-state index in [2.05, 4.69) is 5.32 Å². The average Bonchev–Trinajstić information content (AvgIpc) is 3.01. The Hall–Kier alpha value is -2.54. The van der Waals surface area contributed by atoms with Crippen LogP contribution in [0.2, 0.25) is 0 Å². The molecule has 3 rings (SSSR count). The van der Waals surface area contributed by atoms with Gasteiger partial charge in [-0.2, -0.15) is 0 Å². The number of fused-ring (bicyclic) bond motifs is 1. The van der Waals surface area contributed by atoms with Crippen molar-refractivity contribution in [1.82, 2.24) is 5.32 Å². The van der Waals surface area contributed by atoms with Gasteiger partial charge in [0.25, 0.3) is 5.91 Å². The van der Waals surface area contributed by atoms with Gasteiger partial charge in [0.1, 0.15) is 0 Å². The highest BCUT2D eigenvalue weighted by molar-refractivity contribution is 7.90. The van der Waals surface area contributed by atoms with Crippen molar-refractivity contribution < 1.29 is 22.7 Å². The van der Waals surface area contributed by atoms with Crippen LogP contribution in [0.3, 0.4) is 0 Å². The summed E-state index contributed by atoms with van der Waals surface area (Å²) in [7, 11) is -3.45. The Bertz CT molecular complexity index is 876. The van der Waals surface area contributed by atoms with E-state index >= 15 is 0 Å². The zero-order chi connectivity index (χ0) is 17.2. The van der Waals surface area contributed by atoms with E-state index in [1.807, 2.05) is 18.2 Å². The Labute approximate surface area is 140 Å². The number of nitrogens with one attached hydrogen (secondary N) is 1.